The Bertz CT molecular complexity index is 817. The number of methoxy groups -OCH3 is 1. The highest BCUT2D eigenvalue weighted by Crippen LogP contribution is 2.18. The molecule has 0 fully saturated rings. The lowest BCUT2D eigenvalue weighted by Crippen LogP contribution is -2.16. The molecule has 0 saturated heterocycles. The maximum atomic E-state index is 13.6. The Hall–Kier alpha value is -3.22. The van der Waals surface area contributed by atoms with E-state index in [1.807, 2.05) is 0 Å². The molecule has 0 bridgehead atoms. The molecule has 0 unspecified atom stereocenters. The Kier molecular flexibility index (Phi) is 6.43. The lowest BCUT2D eigenvalue weighted by molar-refractivity contribution is -0.141. The molecule has 0 radical (unpaired) electrons. The summed E-state index contributed by atoms with van der Waals surface area (Å²) in [6.45, 7) is 0.962. The average molecular weight is 359 g/mol. The van der Waals surface area contributed by atoms with Crippen molar-refractivity contribution >= 4 is 23.3 Å². The summed E-state index contributed by atoms with van der Waals surface area (Å²) >= 11 is 0. The van der Waals surface area contributed by atoms with Gasteiger partial charge in [0.25, 0.3) is 0 Å². The summed E-state index contributed by atoms with van der Waals surface area (Å²) in [5.74, 6) is -1.73. The van der Waals surface area contributed by atoms with E-state index in [0.29, 0.717) is 16.8 Å². The van der Waals surface area contributed by atoms with E-state index in [4.69, 9.17) is 9.47 Å². The van der Waals surface area contributed by atoms with Gasteiger partial charge >= 0.3 is 5.97 Å². The number of halogens is 1. The highest BCUT2D eigenvalue weighted by Gasteiger charge is 2.12. The van der Waals surface area contributed by atoms with E-state index in [1.54, 1.807) is 18.2 Å². The normalized spacial score (nSPS) is 10.1. The van der Waals surface area contributed by atoms with Gasteiger partial charge in [0, 0.05) is 18.2 Å². The van der Waals surface area contributed by atoms with Gasteiger partial charge in [-0.3, -0.25) is 14.4 Å². The van der Waals surface area contributed by atoms with Crippen LogP contribution in [0, 0.1) is 5.82 Å². The maximum Gasteiger partial charge on any atom is 0.310 e. The van der Waals surface area contributed by atoms with Crippen molar-refractivity contribution in [2.75, 3.05) is 19.0 Å². The number of rotatable bonds is 7. The molecule has 136 valence electrons. The first-order valence-electron chi connectivity index (χ1n) is 7.78. The zero-order valence-electron chi connectivity index (χ0n) is 14.4. The molecule has 0 aliphatic rings. The highest BCUT2D eigenvalue weighted by atomic mass is 19.1. The molecule has 0 aliphatic carbocycles. The minimum atomic E-state index is -0.641. The number of ketones is 1. The lowest BCUT2D eigenvalue weighted by atomic mass is 10.1. The lowest BCUT2D eigenvalue weighted by Gasteiger charge is -2.07. The van der Waals surface area contributed by atoms with Crippen LogP contribution in [0.4, 0.5) is 10.1 Å². The molecule has 2 aromatic carbocycles. The van der Waals surface area contributed by atoms with Crippen LogP contribution in [0.1, 0.15) is 22.8 Å². The quantitative estimate of drug-likeness (QED) is 0.607. The largest absolute Gasteiger partial charge is 0.494 e. The Morgan fingerprint density at radius 2 is 1.77 bits per heavy atom. The Morgan fingerprint density at radius 3 is 2.35 bits per heavy atom. The summed E-state index contributed by atoms with van der Waals surface area (Å²) < 4.78 is 23.3. The summed E-state index contributed by atoms with van der Waals surface area (Å²) in [6.07, 6.45) is -0.157. The van der Waals surface area contributed by atoms with Gasteiger partial charge in [0.1, 0.15) is 0 Å². The van der Waals surface area contributed by atoms with Gasteiger partial charge in [0.2, 0.25) is 5.91 Å². The smallest absolute Gasteiger partial charge is 0.310 e. The minimum Gasteiger partial charge on any atom is -0.494 e. The third-order valence-corrected chi connectivity index (χ3v) is 3.46. The van der Waals surface area contributed by atoms with Crippen molar-refractivity contribution in [2.45, 2.75) is 13.3 Å². The van der Waals surface area contributed by atoms with Gasteiger partial charge in [-0.2, -0.15) is 0 Å². The van der Waals surface area contributed by atoms with Crippen LogP contribution in [-0.4, -0.2) is 31.4 Å². The molecule has 0 saturated carbocycles. The Morgan fingerprint density at radius 1 is 1.08 bits per heavy atom. The fraction of sp³-hybridized carbons (Fsp3) is 0.211. The van der Waals surface area contributed by atoms with E-state index >= 15 is 0 Å². The molecule has 1 amide bonds. The molecule has 0 atom stereocenters. The zero-order chi connectivity index (χ0) is 19.1. The molecule has 0 spiro atoms. The van der Waals surface area contributed by atoms with Gasteiger partial charge in [0.05, 0.1) is 13.5 Å². The van der Waals surface area contributed by atoms with Crippen LogP contribution in [0.5, 0.6) is 5.75 Å². The number of carbonyl (C=O) groups excluding carboxylic acids is 3. The number of nitrogens with one attached hydrogen (secondary N) is 1. The molecular formula is C19H18FNO5. The molecule has 1 N–H and O–H groups in total. The van der Waals surface area contributed by atoms with Crippen LogP contribution in [-0.2, 0) is 20.7 Å². The average Bonchev–Trinajstić information content (AvgIpc) is 2.60. The number of benzene rings is 2. The third-order valence-electron chi connectivity index (χ3n) is 3.46. The second-order valence-corrected chi connectivity index (χ2v) is 5.49. The van der Waals surface area contributed by atoms with E-state index in [9.17, 15) is 18.8 Å². The first-order chi connectivity index (χ1) is 12.4. The van der Waals surface area contributed by atoms with Gasteiger partial charge in [-0.1, -0.05) is 6.07 Å². The summed E-state index contributed by atoms with van der Waals surface area (Å²) in [7, 11) is 1.35. The van der Waals surface area contributed by atoms with Crippen LogP contribution >= 0.6 is 0 Å². The molecule has 26 heavy (non-hydrogen) atoms. The van der Waals surface area contributed by atoms with Crippen LogP contribution in [0.2, 0.25) is 0 Å². The van der Waals surface area contributed by atoms with E-state index in [-0.39, 0.29) is 23.9 Å². The Balaban J connectivity index is 1.87. The van der Waals surface area contributed by atoms with Crippen molar-refractivity contribution in [3.05, 3.63) is 59.4 Å². The topological polar surface area (TPSA) is 81.7 Å². The van der Waals surface area contributed by atoms with Gasteiger partial charge < -0.3 is 14.8 Å². The maximum absolute atomic E-state index is 13.6. The predicted molar refractivity (Wildman–Crippen MR) is 92.7 cm³/mol. The number of esters is 1. The van der Waals surface area contributed by atoms with Crippen molar-refractivity contribution in [1.82, 2.24) is 0 Å². The predicted octanol–water partition coefficient (Wildman–Crippen LogP) is 2.76. The zero-order valence-corrected chi connectivity index (χ0v) is 14.4. The summed E-state index contributed by atoms with van der Waals surface area (Å²) in [5, 5.41) is 2.59. The van der Waals surface area contributed by atoms with E-state index in [1.165, 1.54) is 38.3 Å². The molecule has 2 rings (SSSR count). The summed E-state index contributed by atoms with van der Waals surface area (Å²) in [5.41, 5.74) is 1.33. The monoisotopic (exact) mass is 359 g/mol. The molecule has 0 aliphatic heterocycles. The van der Waals surface area contributed by atoms with Gasteiger partial charge in [-0.15, -0.1) is 0 Å². The van der Waals surface area contributed by atoms with E-state index in [0.717, 1.165) is 0 Å². The molecule has 7 heteroatoms. The first-order valence-corrected chi connectivity index (χ1v) is 7.78. The SMILES string of the molecule is COc1ccc(CC(=O)OCC(=O)c2ccc(NC(C)=O)cc2)cc1F. The number of amides is 1. The van der Waals surface area contributed by atoms with Crippen molar-refractivity contribution in [3.8, 4) is 5.75 Å². The second-order valence-electron chi connectivity index (χ2n) is 5.49. The fourth-order valence-electron chi connectivity index (χ4n) is 2.21. The molecule has 0 aromatic heterocycles. The van der Waals surface area contributed by atoms with E-state index in [2.05, 4.69) is 5.32 Å². The molecule has 2 aromatic rings. The number of carbonyl (C=O) groups is 3. The highest BCUT2D eigenvalue weighted by molar-refractivity contribution is 5.98. The number of Topliss-reactive ketones (excluding diaryl/α,β-unsaturated/α-hetero) is 1. The summed E-state index contributed by atoms with van der Waals surface area (Å²) in [6, 6.07) is 10.4. The van der Waals surface area contributed by atoms with E-state index < -0.39 is 18.4 Å². The van der Waals surface area contributed by atoms with Crippen LogP contribution in [0.25, 0.3) is 0 Å². The molecule has 6 nitrogen and oxygen atoms in total. The number of anilines is 1. The number of hydrogen-bond donors (Lipinski definition) is 1. The van der Waals surface area contributed by atoms with Gasteiger partial charge in [-0.05, 0) is 42.0 Å². The van der Waals surface area contributed by atoms with Crippen molar-refractivity contribution in [1.29, 1.82) is 0 Å². The van der Waals surface area contributed by atoms with Crippen molar-refractivity contribution in [2.24, 2.45) is 0 Å². The number of hydrogen-bond acceptors (Lipinski definition) is 5. The van der Waals surface area contributed by atoms with Gasteiger partial charge in [0.15, 0.2) is 24.0 Å². The fourth-order valence-corrected chi connectivity index (χ4v) is 2.21. The third kappa shape index (κ3) is 5.41. The second kappa shape index (κ2) is 8.75. The standard InChI is InChI=1S/C19H18FNO5/c1-12(22)21-15-6-4-14(5-7-15)17(23)11-26-19(24)10-13-3-8-18(25-2)16(20)9-13/h3-9H,10-11H2,1-2H3,(H,21,22). The Labute approximate surface area is 149 Å². The summed E-state index contributed by atoms with van der Waals surface area (Å²) in [4.78, 5) is 34.8. The molecular weight excluding hydrogens is 341 g/mol. The minimum absolute atomic E-state index is 0.0833. The molecule has 0 heterocycles. The van der Waals surface area contributed by atoms with Crippen molar-refractivity contribution < 1.29 is 28.2 Å². The van der Waals surface area contributed by atoms with Crippen LogP contribution in [0.15, 0.2) is 42.5 Å². The number of ether oxygens (including phenoxy) is 2. The van der Waals surface area contributed by atoms with Crippen LogP contribution < -0.4 is 10.1 Å². The van der Waals surface area contributed by atoms with Crippen molar-refractivity contribution in [3.63, 3.8) is 0 Å². The first kappa shape index (κ1) is 19.1. The van der Waals surface area contributed by atoms with Crippen LogP contribution in [0.3, 0.4) is 0 Å². The van der Waals surface area contributed by atoms with Gasteiger partial charge in [-0.25, -0.2) is 4.39 Å².